The van der Waals surface area contributed by atoms with Crippen molar-refractivity contribution >= 4 is 17.5 Å². The van der Waals surface area contributed by atoms with E-state index in [1.807, 2.05) is 6.07 Å². The Bertz CT molecular complexity index is 879. The van der Waals surface area contributed by atoms with E-state index >= 15 is 0 Å². The molecule has 7 nitrogen and oxygen atoms in total. The maximum atomic E-state index is 13.9. The Kier molecular flexibility index (Phi) is 5.57. The maximum Gasteiger partial charge on any atom is 0.256 e. The lowest BCUT2D eigenvalue weighted by Gasteiger charge is -2.36. The zero-order chi connectivity index (χ0) is 20.4. The third-order valence-electron chi connectivity index (χ3n) is 5.52. The summed E-state index contributed by atoms with van der Waals surface area (Å²) in [5, 5.41) is 0. The summed E-state index contributed by atoms with van der Waals surface area (Å²) in [5.41, 5.74) is -0.0979. The molecule has 29 heavy (non-hydrogen) atoms. The number of carbonyl (C=O) groups excluding carboxylic acids is 1. The van der Waals surface area contributed by atoms with Crippen molar-refractivity contribution < 1.29 is 13.6 Å². The van der Waals surface area contributed by atoms with Crippen LogP contribution in [0.4, 0.5) is 20.4 Å². The SMILES string of the molecule is CN1CCN(c2cc(N3CCN(C(=O)c4ccc(F)cc4F)CC3)ncn2)CC1. The number of anilines is 2. The summed E-state index contributed by atoms with van der Waals surface area (Å²) < 4.78 is 27.0. The summed E-state index contributed by atoms with van der Waals surface area (Å²) >= 11 is 0. The number of hydrogen-bond donors (Lipinski definition) is 0. The number of piperazine rings is 2. The molecular weight excluding hydrogens is 378 g/mol. The van der Waals surface area contributed by atoms with Crippen molar-refractivity contribution in [1.82, 2.24) is 19.8 Å². The van der Waals surface area contributed by atoms with Crippen LogP contribution in [-0.2, 0) is 0 Å². The minimum atomic E-state index is -0.829. The van der Waals surface area contributed by atoms with Gasteiger partial charge in [0.15, 0.2) is 0 Å². The van der Waals surface area contributed by atoms with Gasteiger partial charge >= 0.3 is 0 Å². The number of likely N-dealkylation sites (N-methyl/N-ethyl adjacent to an activating group) is 1. The predicted molar refractivity (Wildman–Crippen MR) is 106 cm³/mol. The number of carbonyl (C=O) groups is 1. The molecule has 4 rings (SSSR count). The third kappa shape index (κ3) is 4.29. The molecule has 0 aliphatic carbocycles. The lowest BCUT2D eigenvalue weighted by molar-refractivity contribution is 0.0741. The maximum absolute atomic E-state index is 13.9. The highest BCUT2D eigenvalue weighted by Gasteiger charge is 2.25. The van der Waals surface area contributed by atoms with Crippen molar-refractivity contribution in [1.29, 1.82) is 0 Å². The molecule has 2 aliphatic heterocycles. The summed E-state index contributed by atoms with van der Waals surface area (Å²) in [7, 11) is 2.11. The summed E-state index contributed by atoms with van der Waals surface area (Å²) in [6.45, 7) is 5.94. The highest BCUT2D eigenvalue weighted by Crippen LogP contribution is 2.21. The molecule has 1 aromatic heterocycles. The number of hydrogen-bond acceptors (Lipinski definition) is 6. The Morgan fingerprint density at radius 3 is 2.03 bits per heavy atom. The second-order valence-electron chi connectivity index (χ2n) is 7.43. The van der Waals surface area contributed by atoms with Crippen molar-refractivity contribution in [2.24, 2.45) is 0 Å². The quantitative estimate of drug-likeness (QED) is 0.775. The lowest BCUT2D eigenvalue weighted by Crippen LogP contribution is -2.49. The Morgan fingerprint density at radius 1 is 0.862 bits per heavy atom. The molecule has 2 aliphatic rings. The molecule has 3 heterocycles. The first kappa shape index (κ1) is 19.5. The van der Waals surface area contributed by atoms with Crippen molar-refractivity contribution in [3.05, 3.63) is 47.8 Å². The standard InChI is InChI=1S/C20H24F2N6O/c1-25-4-6-26(7-5-25)18-13-19(24-14-23-18)27-8-10-28(11-9-27)20(29)16-3-2-15(21)12-17(16)22/h2-3,12-14H,4-11H2,1H3. The van der Waals surface area contributed by atoms with Gasteiger partial charge in [-0.3, -0.25) is 4.79 Å². The van der Waals surface area contributed by atoms with E-state index in [2.05, 4.69) is 31.7 Å². The van der Waals surface area contributed by atoms with E-state index in [0.29, 0.717) is 26.2 Å². The molecular formula is C20H24F2N6O. The highest BCUT2D eigenvalue weighted by molar-refractivity contribution is 5.94. The monoisotopic (exact) mass is 402 g/mol. The lowest BCUT2D eigenvalue weighted by atomic mass is 10.1. The van der Waals surface area contributed by atoms with Crippen LogP contribution in [0.25, 0.3) is 0 Å². The van der Waals surface area contributed by atoms with Gasteiger partial charge in [0.2, 0.25) is 0 Å². The van der Waals surface area contributed by atoms with Crippen LogP contribution in [0, 0.1) is 11.6 Å². The van der Waals surface area contributed by atoms with Gasteiger partial charge in [0, 0.05) is 64.5 Å². The normalized spacial score (nSPS) is 18.2. The van der Waals surface area contributed by atoms with Gasteiger partial charge in [0.25, 0.3) is 5.91 Å². The van der Waals surface area contributed by atoms with Crippen LogP contribution in [-0.4, -0.2) is 85.1 Å². The number of halogens is 2. The van der Waals surface area contributed by atoms with Crippen LogP contribution in [0.2, 0.25) is 0 Å². The van der Waals surface area contributed by atoms with Gasteiger partial charge < -0.3 is 19.6 Å². The molecule has 0 atom stereocenters. The highest BCUT2D eigenvalue weighted by atomic mass is 19.1. The Morgan fingerprint density at radius 2 is 1.45 bits per heavy atom. The molecule has 1 amide bonds. The van der Waals surface area contributed by atoms with E-state index in [9.17, 15) is 13.6 Å². The smallest absolute Gasteiger partial charge is 0.256 e. The van der Waals surface area contributed by atoms with E-state index in [-0.39, 0.29) is 5.56 Å². The van der Waals surface area contributed by atoms with E-state index in [4.69, 9.17) is 0 Å². The zero-order valence-corrected chi connectivity index (χ0v) is 16.4. The van der Waals surface area contributed by atoms with Crippen molar-refractivity contribution in [2.45, 2.75) is 0 Å². The van der Waals surface area contributed by atoms with Crippen molar-refractivity contribution in [3.63, 3.8) is 0 Å². The largest absolute Gasteiger partial charge is 0.354 e. The second kappa shape index (κ2) is 8.28. The van der Waals surface area contributed by atoms with E-state index in [1.54, 1.807) is 11.2 Å². The molecule has 0 unspecified atom stereocenters. The molecule has 2 saturated heterocycles. The topological polar surface area (TPSA) is 55.8 Å². The number of amides is 1. The minimum Gasteiger partial charge on any atom is -0.354 e. The molecule has 0 bridgehead atoms. The van der Waals surface area contributed by atoms with Crippen LogP contribution >= 0.6 is 0 Å². The molecule has 1 aromatic carbocycles. The fraction of sp³-hybridized carbons (Fsp3) is 0.450. The van der Waals surface area contributed by atoms with Crippen LogP contribution in [0.15, 0.2) is 30.6 Å². The third-order valence-corrected chi connectivity index (χ3v) is 5.52. The molecule has 154 valence electrons. The fourth-order valence-corrected chi connectivity index (χ4v) is 3.69. The average Bonchev–Trinajstić information content (AvgIpc) is 2.74. The first-order valence-corrected chi connectivity index (χ1v) is 9.76. The number of benzene rings is 1. The van der Waals surface area contributed by atoms with Gasteiger partial charge in [-0.2, -0.15) is 0 Å². The van der Waals surface area contributed by atoms with Crippen molar-refractivity contribution in [2.75, 3.05) is 69.2 Å². The van der Waals surface area contributed by atoms with Gasteiger partial charge in [-0.15, -0.1) is 0 Å². The summed E-state index contributed by atoms with van der Waals surface area (Å²) in [5.74, 6) is -0.194. The summed E-state index contributed by atoms with van der Waals surface area (Å²) in [6, 6.07) is 5.03. The number of rotatable bonds is 3. The first-order chi connectivity index (χ1) is 14.0. The summed E-state index contributed by atoms with van der Waals surface area (Å²) in [4.78, 5) is 29.6. The second-order valence-corrected chi connectivity index (χ2v) is 7.43. The zero-order valence-electron chi connectivity index (χ0n) is 16.4. The van der Waals surface area contributed by atoms with E-state index < -0.39 is 17.5 Å². The molecule has 2 fully saturated rings. The predicted octanol–water partition coefficient (Wildman–Crippen LogP) is 1.47. The molecule has 0 radical (unpaired) electrons. The van der Waals surface area contributed by atoms with Crippen LogP contribution in [0.5, 0.6) is 0 Å². The number of aromatic nitrogens is 2. The Hall–Kier alpha value is -2.81. The van der Waals surface area contributed by atoms with Gasteiger partial charge in [-0.1, -0.05) is 0 Å². The first-order valence-electron chi connectivity index (χ1n) is 9.76. The molecule has 0 spiro atoms. The van der Waals surface area contributed by atoms with Gasteiger partial charge in [-0.05, 0) is 19.2 Å². The van der Waals surface area contributed by atoms with Gasteiger partial charge in [0.05, 0.1) is 5.56 Å². The Labute approximate surface area is 168 Å². The Balaban J connectivity index is 1.39. The molecule has 0 saturated carbocycles. The van der Waals surface area contributed by atoms with Gasteiger partial charge in [0.1, 0.15) is 29.6 Å². The summed E-state index contributed by atoms with van der Waals surface area (Å²) in [6.07, 6.45) is 1.58. The molecule has 2 aromatic rings. The van der Waals surface area contributed by atoms with Crippen LogP contribution < -0.4 is 9.80 Å². The van der Waals surface area contributed by atoms with Crippen LogP contribution in [0.3, 0.4) is 0 Å². The van der Waals surface area contributed by atoms with E-state index in [1.165, 1.54) is 6.07 Å². The van der Waals surface area contributed by atoms with Gasteiger partial charge in [-0.25, -0.2) is 18.7 Å². The van der Waals surface area contributed by atoms with Crippen molar-refractivity contribution in [3.8, 4) is 0 Å². The van der Waals surface area contributed by atoms with Crippen LogP contribution in [0.1, 0.15) is 10.4 Å². The molecule has 9 heteroatoms. The fourth-order valence-electron chi connectivity index (χ4n) is 3.69. The van der Waals surface area contributed by atoms with E-state index in [0.717, 1.165) is 49.9 Å². The minimum absolute atomic E-state index is 0.0979. The average molecular weight is 402 g/mol. The number of nitrogens with zero attached hydrogens (tertiary/aromatic N) is 6. The molecule has 0 N–H and O–H groups in total.